The molecule has 1 saturated heterocycles. The van der Waals surface area contributed by atoms with E-state index in [2.05, 4.69) is 15.0 Å². The topological polar surface area (TPSA) is 126 Å². The quantitative estimate of drug-likeness (QED) is 0.417. The van der Waals surface area contributed by atoms with Crippen molar-refractivity contribution in [3.8, 4) is 0 Å². The summed E-state index contributed by atoms with van der Waals surface area (Å²) in [5, 5.41) is 3.19. The minimum absolute atomic E-state index is 0.101. The van der Waals surface area contributed by atoms with Crippen LogP contribution in [0.1, 0.15) is 44.7 Å². The number of likely N-dealkylation sites (tertiary alicyclic amines) is 1. The van der Waals surface area contributed by atoms with Gasteiger partial charge in [-0.15, -0.1) is 0 Å². The van der Waals surface area contributed by atoms with Gasteiger partial charge in [-0.2, -0.15) is 0 Å². The van der Waals surface area contributed by atoms with E-state index in [-0.39, 0.29) is 30.5 Å². The van der Waals surface area contributed by atoms with E-state index in [0.717, 1.165) is 18.4 Å². The molecule has 1 aromatic rings. The number of nitrogens with one attached hydrogen (secondary N) is 2. The Kier molecular flexibility index (Phi) is 8.91. The summed E-state index contributed by atoms with van der Waals surface area (Å²) in [7, 11) is -3.42. The molecule has 1 aliphatic heterocycles. The highest BCUT2D eigenvalue weighted by Crippen LogP contribution is 2.14. The number of hydrogen-bond acceptors (Lipinski definition) is 5. The van der Waals surface area contributed by atoms with Crippen LogP contribution >= 0.6 is 0 Å². The molecule has 0 spiro atoms. The van der Waals surface area contributed by atoms with Gasteiger partial charge in [-0.3, -0.25) is 0 Å². The standard InChI is InChI=1S/C20H33N5O4S/c1-4-29-20(26)25-11-9-18(10-12-25)23-19(21)22-13-16-7-5-6-8-17(16)14-30(27,28)24-15(2)3/h5-8,15,18,24H,4,9-14H2,1-3H3,(H3,21,22,23). The lowest BCUT2D eigenvalue weighted by atomic mass is 10.1. The minimum atomic E-state index is -3.42. The molecule has 0 aliphatic carbocycles. The highest BCUT2D eigenvalue weighted by molar-refractivity contribution is 7.88. The molecule has 0 atom stereocenters. The Hall–Kier alpha value is -2.33. The van der Waals surface area contributed by atoms with Crippen molar-refractivity contribution < 1.29 is 17.9 Å². The molecule has 168 valence electrons. The molecule has 30 heavy (non-hydrogen) atoms. The van der Waals surface area contributed by atoms with Crippen molar-refractivity contribution in [2.45, 2.75) is 58.0 Å². The third-order valence-electron chi connectivity index (χ3n) is 4.67. The predicted molar refractivity (Wildman–Crippen MR) is 117 cm³/mol. The molecule has 4 N–H and O–H groups in total. The van der Waals surface area contributed by atoms with Gasteiger partial charge in [-0.05, 0) is 44.7 Å². The molecule has 1 fully saturated rings. The number of benzene rings is 1. The van der Waals surface area contributed by atoms with E-state index in [1.54, 1.807) is 31.7 Å². The smallest absolute Gasteiger partial charge is 0.409 e. The second-order valence-electron chi connectivity index (χ2n) is 7.61. The molecule has 0 bridgehead atoms. The number of nitrogens with zero attached hydrogens (tertiary/aromatic N) is 2. The van der Waals surface area contributed by atoms with Gasteiger partial charge >= 0.3 is 6.09 Å². The molecular weight excluding hydrogens is 406 g/mol. The molecule has 1 aliphatic rings. The summed E-state index contributed by atoms with van der Waals surface area (Å²) in [4.78, 5) is 17.8. The maximum atomic E-state index is 12.3. The Balaban J connectivity index is 1.91. The van der Waals surface area contributed by atoms with Gasteiger partial charge in [0.15, 0.2) is 5.96 Å². The Morgan fingerprint density at radius 1 is 1.27 bits per heavy atom. The summed E-state index contributed by atoms with van der Waals surface area (Å²) in [6.07, 6.45) is 1.23. The van der Waals surface area contributed by atoms with Crippen LogP contribution in [0.4, 0.5) is 4.79 Å². The van der Waals surface area contributed by atoms with E-state index in [1.165, 1.54) is 0 Å². The van der Waals surface area contributed by atoms with Crippen LogP contribution in [0.2, 0.25) is 0 Å². The fourth-order valence-electron chi connectivity index (χ4n) is 3.30. The molecule has 2 rings (SSSR count). The number of ether oxygens (including phenoxy) is 1. The summed E-state index contributed by atoms with van der Waals surface area (Å²) >= 11 is 0. The fourth-order valence-corrected chi connectivity index (χ4v) is 4.80. The number of sulfonamides is 1. The van der Waals surface area contributed by atoms with Gasteiger partial charge in [0.1, 0.15) is 0 Å². The summed E-state index contributed by atoms with van der Waals surface area (Å²) in [5.74, 6) is 0.207. The zero-order valence-electron chi connectivity index (χ0n) is 17.9. The van der Waals surface area contributed by atoms with Crippen LogP contribution in [0.25, 0.3) is 0 Å². The van der Waals surface area contributed by atoms with Gasteiger partial charge in [0.2, 0.25) is 10.0 Å². The van der Waals surface area contributed by atoms with Crippen LogP contribution in [-0.4, -0.2) is 57.2 Å². The number of piperidine rings is 1. The SMILES string of the molecule is CCOC(=O)N1CCC(NC(N)=NCc2ccccc2CS(=O)(=O)NC(C)C)CC1. The molecule has 1 amide bonds. The first-order chi connectivity index (χ1) is 14.2. The minimum Gasteiger partial charge on any atom is -0.450 e. The first kappa shape index (κ1) is 23.9. The lowest BCUT2D eigenvalue weighted by molar-refractivity contribution is 0.0963. The molecule has 9 nitrogen and oxygen atoms in total. The third-order valence-corrected chi connectivity index (χ3v) is 6.19. The van der Waals surface area contributed by atoms with E-state index in [0.29, 0.717) is 31.2 Å². The van der Waals surface area contributed by atoms with Crippen molar-refractivity contribution in [3.63, 3.8) is 0 Å². The number of hydrogen-bond donors (Lipinski definition) is 3. The van der Waals surface area contributed by atoms with E-state index in [1.807, 2.05) is 18.2 Å². The van der Waals surface area contributed by atoms with Crippen molar-refractivity contribution in [1.82, 2.24) is 14.9 Å². The predicted octanol–water partition coefficient (Wildman–Crippen LogP) is 1.54. The van der Waals surface area contributed by atoms with Crippen molar-refractivity contribution in [1.29, 1.82) is 0 Å². The second-order valence-corrected chi connectivity index (χ2v) is 9.36. The molecule has 0 unspecified atom stereocenters. The molecule has 0 saturated carbocycles. The largest absolute Gasteiger partial charge is 0.450 e. The van der Waals surface area contributed by atoms with Gasteiger partial charge in [0, 0.05) is 25.2 Å². The van der Waals surface area contributed by atoms with Crippen LogP contribution in [-0.2, 0) is 27.1 Å². The number of guanidine groups is 1. The fraction of sp³-hybridized carbons (Fsp3) is 0.600. The van der Waals surface area contributed by atoms with Crippen LogP contribution in [0.15, 0.2) is 29.3 Å². The molecular formula is C20H33N5O4S. The van der Waals surface area contributed by atoms with Crippen molar-refractivity contribution in [3.05, 3.63) is 35.4 Å². The average molecular weight is 440 g/mol. The Bertz CT molecular complexity index is 833. The summed E-state index contributed by atoms with van der Waals surface area (Å²) < 4.78 is 32.1. The second kappa shape index (κ2) is 11.2. The summed E-state index contributed by atoms with van der Waals surface area (Å²) in [6, 6.07) is 7.28. The monoisotopic (exact) mass is 439 g/mol. The lowest BCUT2D eigenvalue weighted by Crippen LogP contribution is -2.48. The van der Waals surface area contributed by atoms with E-state index in [4.69, 9.17) is 10.5 Å². The van der Waals surface area contributed by atoms with E-state index >= 15 is 0 Å². The highest BCUT2D eigenvalue weighted by Gasteiger charge is 2.23. The average Bonchev–Trinajstić information content (AvgIpc) is 2.66. The molecule has 0 radical (unpaired) electrons. The molecule has 1 aromatic carbocycles. The summed E-state index contributed by atoms with van der Waals surface area (Å²) in [6.45, 7) is 7.23. The molecule has 0 aromatic heterocycles. The van der Waals surface area contributed by atoms with Crippen LogP contribution in [0, 0.1) is 0 Å². The maximum Gasteiger partial charge on any atom is 0.409 e. The maximum absolute atomic E-state index is 12.3. The number of carbonyl (C=O) groups is 1. The zero-order chi connectivity index (χ0) is 22.1. The Morgan fingerprint density at radius 2 is 1.90 bits per heavy atom. The number of amides is 1. The van der Waals surface area contributed by atoms with Crippen molar-refractivity contribution in [2.24, 2.45) is 10.7 Å². The number of aliphatic imine (C=N–C) groups is 1. The first-order valence-electron chi connectivity index (χ1n) is 10.2. The van der Waals surface area contributed by atoms with Crippen molar-refractivity contribution >= 4 is 22.1 Å². The van der Waals surface area contributed by atoms with Crippen molar-refractivity contribution in [2.75, 3.05) is 19.7 Å². The van der Waals surface area contributed by atoms with Gasteiger partial charge < -0.3 is 20.7 Å². The Labute approximate surface area is 179 Å². The van der Waals surface area contributed by atoms with Gasteiger partial charge in [0.05, 0.1) is 18.9 Å². The normalized spacial score (nSPS) is 16.0. The highest BCUT2D eigenvalue weighted by atomic mass is 32.2. The van der Waals surface area contributed by atoms with Crippen LogP contribution in [0.3, 0.4) is 0 Å². The summed E-state index contributed by atoms with van der Waals surface area (Å²) in [5.41, 5.74) is 7.55. The number of nitrogens with two attached hydrogens (primary N) is 1. The zero-order valence-corrected chi connectivity index (χ0v) is 18.7. The van der Waals surface area contributed by atoms with Gasteiger partial charge in [-0.1, -0.05) is 24.3 Å². The third kappa shape index (κ3) is 7.83. The first-order valence-corrected chi connectivity index (χ1v) is 11.9. The number of rotatable bonds is 8. The Morgan fingerprint density at radius 3 is 2.50 bits per heavy atom. The van der Waals surface area contributed by atoms with E-state index < -0.39 is 10.0 Å². The van der Waals surface area contributed by atoms with Crippen LogP contribution < -0.4 is 15.8 Å². The van der Waals surface area contributed by atoms with Gasteiger partial charge in [0.25, 0.3) is 0 Å². The lowest BCUT2D eigenvalue weighted by Gasteiger charge is -2.31. The number of carbonyl (C=O) groups excluding carboxylic acids is 1. The molecule has 10 heteroatoms. The van der Waals surface area contributed by atoms with Crippen LogP contribution in [0.5, 0.6) is 0 Å². The van der Waals surface area contributed by atoms with E-state index in [9.17, 15) is 13.2 Å². The van der Waals surface area contributed by atoms with Gasteiger partial charge in [-0.25, -0.2) is 22.9 Å². The molecule has 1 heterocycles.